The van der Waals surface area contributed by atoms with Crippen LogP contribution in [0.4, 0.5) is 5.82 Å². The number of hydrogen-bond donors (Lipinski definition) is 0. The normalized spacial score (nSPS) is 13.6. The maximum Gasteiger partial charge on any atom is 0.267 e. The fourth-order valence-corrected chi connectivity index (χ4v) is 3.88. The highest BCUT2D eigenvalue weighted by molar-refractivity contribution is 5.76. The molecule has 9 nitrogen and oxygen atoms in total. The van der Waals surface area contributed by atoms with Crippen LogP contribution in [-0.2, 0) is 11.3 Å². The summed E-state index contributed by atoms with van der Waals surface area (Å²) in [5, 5.41) is 13.0. The lowest BCUT2D eigenvalue weighted by atomic mass is 10.1. The molecule has 1 fully saturated rings. The van der Waals surface area contributed by atoms with Crippen LogP contribution in [0.3, 0.4) is 0 Å². The second-order valence-corrected chi connectivity index (χ2v) is 7.94. The van der Waals surface area contributed by atoms with E-state index in [1.807, 2.05) is 60.7 Å². The first-order valence-electron chi connectivity index (χ1n) is 11.1. The Hall–Kier alpha value is -4.40. The highest BCUT2D eigenvalue weighted by atomic mass is 16.2. The number of anilines is 1. The number of amides is 1. The molecular weight excluding hydrogens is 430 g/mol. The largest absolute Gasteiger partial charge is 0.352 e. The molecule has 0 aliphatic carbocycles. The van der Waals surface area contributed by atoms with Crippen molar-refractivity contribution in [3.8, 4) is 22.6 Å². The predicted molar refractivity (Wildman–Crippen MR) is 128 cm³/mol. The van der Waals surface area contributed by atoms with E-state index in [1.165, 1.54) is 10.7 Å². The maximum absolute atomic E-state index is 12.9. The van der Waals surface area contributed by atoms with Crippen molar-refractivity contribution in [2.24, 2.45) is 0 Å². The van der Waals surface area contributed by atoms with Gasteiger partial charge in [0.05, 0.1) is 11.4 Å². The van der Waals surface area contributed by atoms with E-state index in [0.717, 1.165) is 17.1 Å². The lowest BCUT2D eigenvalue weighted by Crippen LogP contribution is -2.50. The van der Waals surface area contributed by atoms with E-state index in [-0.39, 0.29) is 18.0 Å². The second-order valence-electron chi connectivity index (χ2n) is 7.94. The second kappa shape index (κ2) is 9.62. The van der Waals surface area contributed by atoms with E-state index in [0.29, 0.717) is 37.6 Å². The molecule has 1 aliphatic rings. The molecule has 9 heteroatoms. The summed E-state index contributed by atoms with van der Waals surface area (Å²) in [6, 6.07) is 22.2. The van der Waals surface area contributed by atoms with Gasteiger partial charge in [-0.3, -0.25) is 14.6 Å². The van der Waals surface area contributed by atoms with Gasteiger partial charge in [0.1, 0.15) is 12.2 Å². The van der Waals surface area contributed by atoms with Crippen LogP contribution < -0.4 is 10.5 Å². The van der Waals surface area contributed by atoms with Crippen LogP contribution >= 0.6 is 0 Å². The van der Waals surface area contributed by atoms with Crippen molar-refractivity contribution in [1.29, 1.82) is 0 Å². The standard InChI is InChI=1S/C25H23N7O2/c33-24-12-10-20(19-6-2-1-3-7-19)29-32(24)18-25(34)31-16-14-30(15-17-31)23-11-9-22(27-28-23)21-8-4-5-13-26-21/h1-13H,14-18H2. The summed E-state index contributed by atoms with van der Waals surface area (Å²) in [5.74, 6) is 0.635. The molecule has 0 atom stereocenters. The van der Waals surface area contributed by atoms with E-state index in [1.54, 1.807) is 17.2 Å². The topological polar surface area (TPSA) is 97.1 Å². The molecule has 3 aromatic heterocycles. The van der Waals surface area contributed by atoms with Gasteiger partial charge in [-0.1, -0.05) is 36.4 Å². The molecule has 4 heterocycles. The van der Waals surface area contributed by atoms with E-state index < -0.39 is 0 Å². The fourth-order valence-electron chi connectivity index (χ4n) is 3.88. The third-order valence-corrected chi connectivity index (χ3v) is 5.76. The Morgan fingerprint density at radius 1 is 0.765 bits per heavy atom. The first-order chi connectivity index (χ1) is 16.7. The van der Waals surface area contributed by atoms with E-state index in [4.69, 9.17) is 0 Å². The minimum absolute atomic E-state index is 0.0852. The Labute approximate surface area is 196 Å². The SMILES string of the molecule is O=C(Cn1nc(-c2ccccc2)ccc1=O)N1CCN(c2ccc(-c3ccccn3)nn2)CC1. The molecular formula is C25H23N7O2. The molecule has 0 spiro atoms. The third kappa shape index (κ3) is 4.68. The van der Waals surface area contributed by atoms with Gasteiger partial charge < -0.3 is 9.80 Å². The number of carbonyl (C=O) groups is 1. The number of aromatic nitrogens is 5. The number of rotatable bonds is 5. The number of benzene rings is 1. The van der Waals surface area contributed by atoms with Crippen LogP contribution in [0.1, 0.15) is 0 Å². The lowest BCUT2D eigenvalue weighted by molar-refractivity contribution is -0.132. The quantitative estimate of drug-likeness (QED) is 0.457. The minimum atomic E-state index is -0.296. The van der Waals surface area contributed by atoms with Crippen molar-refractivity contribution in [3.63, 3.8) is 0 Å². The molecule has 0 saturated carbocycles. The highest BCUT2D eigenvalue weighted by Crippen LogP contribution is 2.18. The van der Waals surface area contributed by atoms with Crippen molar-refractivity contribution in [2.75, 3.05) is 31.1 Å². The number of pyridine rings is 1. The first kappa shape index (κ1) is 21.4. The van der Waals surface area contributed by atoms with Gasteiger partial charge in [0, 0.05) is 44.0 Å². The fraction of sp³-hybridized carbons (Fsp3) is 0.200. The highest BCUT2D eigenvalue weighted by Gasteiger charge is 2.23. The van der Waals surface area contributed by atoms with Gasteiger partial charge in [-0.25, -0.2) is 4.68 Å². The van der Waals surface area contributed by atoms with E-state index in [2.05, 4.69) is 25.2 Å². The monoisotopic (exact) mass is 453 g/mol. The van der Waals surface area contributed by atoms with Gasteiger partial charge in [-0.05, 0) is 30.3 Å². The van der Waals surface area contributed by atoms with E-state index >= 15 is 0 Å². The summed E-state index contributed by atoms with van der Waals surface area (Å²) in [4.78, 5) is 33.3. The summed E-state index contributed by atoms with van der Waals surface area (Å²) in [6.45, 7) is 2.26. The molecule has 0 N–H and O–H groups in total. The predicted octanol–water partition coefficient (Wildman–Crippen LogP) is 2.11. The van der Waals surface area contributed by atoms with Crippen molar-refractivity contribution >= 4 is 11.7 Å². The maximum atomic E-state index is 12.9. The third-order valence-electron chi connectivity index (χ3n) is 5.76. The van der Waals surface area contributed by atoms with Crippen LogP contribution in [0, 0.1) is 0 Å². The number of piperazine rings is 1. The molecule has 0 radical (unpaired) electrons. The Morgan fingerprint density at radius 2 is 1.53 bits per heavy atom. The van der Waals surface area contributed by atoms with Crippen LogP contribution in [0.15, 0.2) is 83.8 Å². The van der Waals surface area contributed by atoms with Gasteiger partial charge in [0.25, 0.3) is 5.56 Å². The zero-order valence-corrected chi connectivity index (χ0v) is 18.5. The Kier molecular flexibility index (Phi) is 6.07. The molecule has 0 unspecified atom stereocenters. The summed E-state index contributed by atoms with van der Waals surface area (Å²) in [6.07, 6.45) is 1.72. The minimum Gasteiger partial charge on any atom is -0.352 e. The van der Waals surface area contributed by atoms with Gasteiger partial charge in [-0.2, -0.15) is 5.10 Å². The molecule has 170 valence electrons. The first-order valence-corrected chi connectivity index (χ1v) is 11.1. The molecule has 1 amide bonds. The van der Waals surface area contributed by atoms with Crippen molar-refractivity contribution < 1.29 is 4.79 Å². The average Bonchev–Trinajstić information content (AvgIpc) is 2.91. The molecule has 0 bridgehead atoms. The summed E-state index contributed by atoms with van der Waals surface area (Å²) < 4.78 is 1.23. The van der Waals surface area contributed by atoms with E-state index in [9.17, 15) is 9.59 Å². The Balaban J connectivity index is 1.21. The zero-order chi connectivity index (χ0) is 23.3. The molecule has 1 aromatic carbocycles. The number of hydrogen-bond acceptors (Lipinski definition) is 7. The molecule has 4 aromatic rings. The van der Waals surface area contributed by atoms with Crippen molar-refractivity contribution in [2.45, 2.75) is 6.54 Å². The van der Waals surface area contributed by atoms with Crippen molar-refractivity contribution in [1.82, 2.24) is 29.9 Å². The average molecular weight is 454 g/mol. The zero-order valence-electron chi connectivity index (χ0n) is 18.5. The van der Waals surface area contributed by atoms with Crippen molar-refractivity contribution in [3.05, 3.63) is 89.3 Å². The summed E-state index contributed by atoms with van der Waals surface area (Å²) in [5.41, 5.74) is 2.75. The van der Waals surface area contributed by atoms with Crippen LogP contribution in [0.25, 0.3) is 22.6 Å². The lowest BCUT2D eigenvalue weighted by Gasteiger charge is -2.35. The van der Waals surface area contributed by atoms with Gasteiger partial charge in [0.2, 0.25) is 5.91 Å². The van der Waals surface area contributed by atoms with Crippen LogP contribution in [0.2, 0.25) is 0 Å². The molecule has 1 saturated heterocycles. The number of nitrogens with zero attached hydrogens (tertiary/aromatic N) is 7. The molecule has 5 rings (SSSR count). The van der Waals surface area contributed by atoms with Gasteiger partial charge >= 0.3 is 0 Å². The summed E-state index contributed by atoms with van der Waals surface area (Å²) >= 11 is 0. The smallest absolute Gasteiger partial charge is 0.267 e. The Morgan fingerprint density at radius 3 is 2.24 bits per heavy atom. The van der Waals surface area contributed by atoms with Crippen LogP contribution in [0.5, 0.6) is 0 Å². The van der Waals surface area contributed by atoms with Gasteiger partial charge in [-0.15, -0.1) is 10.2 Å². The van der Waals surface area contributed by atoms with Gasteiger partial charge in [0.15, 0.2) is 5.82 Å². The number of carbonyl (C=O) groups excluding carboxylic acids is 1. The molecule has 34 heavy (non-hydrogen) atoms. The van der Waals surface area contributed by atoms with Crippen LogP contribution in [-0.4, -0.2) is 61.9 Å². The molecule has 1 aliphatic heterocycles. The summed E-state index contributed by atoms with van der Waals surface area (Å²) in [7, 11) is 0. The Bertz CT molecular complexity index is 1320.